The van der Waals surface area contributed by atoms with Crippen molar-refractivity contribution in [2.75, 3.05) is 6.54 Å². The third kappa shape index (κ3) is 3.33. The molecule has 0 saturated carbocycles. The van der Waals surface area contributed by atoms with Gasteiger partial charge in [-0.05, 0) is 69.2 Å². The van der Waals surface area contributed by atoms with E-state index in [9.17, 15) is 0 Å². The van der Waals surface area contributed by atoms with Crippen LogP contribution in [0.2, 0.25) is 0 Å². The molecule has 3 heterocycles. The number of para-hydroxylation sites is 1. The number of rotatable bonds is 5. The van der Waals surface area contributed by atoms with Gasteiger partial charge in [0.1, 0.15) is 0 Å². The Morgan fingerprint density at radius 2 is 1.72 bits per heavy atom. The van der Waals surface area contributed by atoms with Gasteiger partial charge in [-0.2, -0.15) is 0 Å². The Bertz CT molecular complexity index is 1010. The first-order valence-corrected chi connectivity index (χ1v) is 10.7. The van der Waals surface area contributed by atoms with Gasteiger partial charge in [0, 0.05) is 35.4 Å². The van der Waals surface area contributed by atoms with Crippen molar-refractivity contribution in [3.05, 3.63) is 82.9 Å². The van der Waals surface area contributed by atoms with Crippen molar-refractivity contribution in [1.29, 1.82) is 0 Å². The maximum Gasteiger partial charge on any atom is 0.170 e. The SMILES string of the molecule is CCCN1C(=S)N[C@@H](c2ccccn2)[C@H]1c1c(C)c(C)n(-c2ccccc2)c1C. The topological polar surface area (TPSA) is 33.1 Å². The normalized spacial score (nSPS) is 18.9. The molecule has 1 saturated heterocycles. The van der Waals surface area contributed by atoms with E-state index < -0.39 is 0 Å². The number of nitrogens with one attached hydrogen (secondary N) is 1. The fourth-order valence-electron chi connectivity index (χ4n) is 4.61. The summed E-state index contributed by atoms with van der Waals surface area (Å²) >= 11 is 5.76. The monoisotopic (exact) mass is 404 g/mol. The molecule has 1 aromatic carbocycles. The summed E-state index contributed by atoms with van der Waals surface area (Å²) in [5.41, 5.74) is 7.44. The van der Waals surface area contributed by atoms with E-state index in [0.29, 0.717) is 0 Å². The lowest BCUT2D eigenvalue weighted by atomic mass is 9.93. The molecule has 3 aromatic rings. The minimum absolute atomic E-state index is 0.0404. The zero-order valence-corrected chi connectivity index (χ0v) is 18.3. The van der Waals surface area contributed by atoms with Crippen molar-refractivity contribution in [3.8, 4) is 5.69 Å². The standard InChI is InChI=1S/C24H28N4S/c1-5-15-27-23(22(26-24(27)29)20-13-9-10-14-25-20)21-16(2)17(3)28(18(21)4)19-11-7-6-8-12-19/h6-14,22-23H,5,15H2,1-4H3,(H,26,29)/t22-,23+/m0/s1. The molecule has 1 N–H and O–H groups in total. The van der Waals surface area contributed by atoms with Gasteiger partial charge in [-0.1, -0.05) is 31.2 Å². The van der Waals surface area contributed by atoms with Gasteiger partial charge in [0.25, 0.3) is 0 Å². The van der Waals surface area contributed by atoms with Crippen LogP contribution in [-0.4, -0.2) is 26.1 Å². The van der Waals surface area contributed by atoms with Crippen LogP contribution in [0, 0.1) is 20.8 Å². The molecule has 2 atom stereocenters. The number of hydrogen-bond donors (Lipinski definition) is 1. The minimum Gasteiger partial charge on any atom is -0.352 e. The number of hydrogen-bond acceptors (Lipinski definition) is 2. The molecule has 4 rings (SSSR count). The van der Waals surface area contributed by atoms with Crippen molar-refractivity contribution in [1.82, 2.24) is 19.8 Å². The first kappa shape index (κ1) is 19.6. The zero-order valence-electron chi connectivity index (χ0n) is 17.5. The first-order chi connectivity index (χ1) is 14.0. The predicted molar refractivity (Wildman–Crippen MR) is 122 cm³/mol. The van der Waals surface area contributed by atoms with Crippen LogP contribution in [0.5, 0.6) is 0 Å². The van der Waals surface area contributed by atoms with Crippen LogP contribution in [0.15, 0.2) is 54.7 Å². The second-order valence-electron chi connectivity index (χ2n) is 7.70. The Morgan fingerprint density at radius 1 is 1.00 bits per heavy atom. The smallest absolute Gasteiger partial charge is 0.170 e. The van der Waals surface area contributed by atoms with Crippen molar-refractivity contribution in [2.45, 2.75) is 46.2 Å². The predicted octanol–water partition coefficient (Wildman–Crippen LogP) is 5.18. The number of benzene rings is 1. The van der Waals surface area contributed by atoms with Gasteiger partial charge in [-0.25, -0.2) is 0 Å². The Morgan fingerprint density at radius 3 is 2.38 bits per heavy atom. The summed E-state index contributed by atoms with van der Waals surface area (Å²) in [5.74, 6) is 0. The van der Waals surface area contributed by atoms with Crippen LogP contribution < -0.4 is 5.32 Å². The van der Waals surface area contributed by atoms with Crippen LogP contribution in [-0.2, 0) is 0 Å². The Kier molecular flexibility index (Phi) is 5.41. The molecule has 0 bridgehead atoms. The van der Waals surface area contributed by atoms with Crippen molar-refractivity contribution < 1.29 is 0 Å². The summed E-state index contributed by atoms with van der Waals surface area (Å²) in [5, 5.41) is 4.38. The van der Waals surface area contributed by atoms with Crippen molar-refractivity contribution in [3.63, 3.8) is 0 Å². The average Bonchev–Trinajstić information content (AvgIpc) is 3.17. The summed E-state index contributed by atoms with van der Waals surface area (Å²) in [6, 6.07) is 16.8. The third-order valence-electron chi connectivity index (χ3n) is 5.98. The molecule has 1 fully saturated rings. The molecule has 4 nitrogen and oxygen atoms in total. The van der Waals surface area contributed by atoms with Crippen LogP contribution in [0.1, 0.15) is 53.6 Å². The Balaban J connectivity index is 1.89. The maximum absolute atomic E-state index is 5.76. The van der Waals surface area contributed by atoms with E-state index >= 15 is 0 Å². The van der Waals surface area contributed by atoms with E-state index in [-0.39, 0.29) is 12.1 Å². The highest BCUT2D eigenvalue weighted by molar-refractivity contribution is 7.80. The van der Waals surface area contributed by atoms with Crippen LogP contribution in [0.3, 0.4) is 0 Å². The van der Waals surface area contributed by atoms with Gasteiger partial charge in [-0.3, -0.25) is 4.98 Å². The van der Waals surface area contributed by atoms with Gasteiger partial charge in [0.05, 0.1) is 17.8 Å². The van der Waals surface area contributed by atoms with E-state index in [0.717, 1.165) is 23.8 Å². The van der Waals surface area contributed by atoms with E-state index in [4.69, 9.17) is 12.2 Å². The van der Waals surface area contributed by atoms with Crippen LogP contribution in [0.4, 0.5) is 0 Å². The summed E-state index contributed by atoms with van der Waals surface area (Å²) in [7, 11) is 0. The minimum atomic E-state index is 0.0404. The molecule has 5 heteroatoms. The lowest BCUT2D eigenvalue weighted by Crippen LogP contribution is -2.30. The van der Waals surface area contributed by atoms with Gasteiger partial charge in [0.2, 0.25) is 0 Å². The molecule has 29 heavy (non-hydrogen) atoms. The lowest BCUT2D eigenvalue weighted by molar-refractivity contribution is 0.315. The second-order valence-corrected chi connectivity index (χ2v) is 8.09. The largest absolute Gasteiger partial charge is 0.352 e. The fourth-order valence-corrected chi connectivity index (χ4v) is 4.94. The first-order valence-electron chi connectivity index (χ1n) is 10.3. The summed E-state index contributed by atoms with van der Waals surface area (Å²) < 4.78 is 2.37. The number of thiocarbonyl (C=S) groups is 1. The number of pyridine rings is 1. The second kappa shape index (κ2) is 7.99. The molecule has 0 spiro atoms. The average molecular weight is 405 g/mol. The Labute approximate surface area is 178 Å². The number of nitrogens with zero attached hydrogens (tertiary/aromatic N) is 3. The molecule has 2 aromatic heterocycles. The fraction of sp³-hybridized carbons (Fsp3) is 0.333. The third-order valence-corrected chi connectivity index (χ3v) is 6.33. The van der Waals surface area contributed by atoms with Gasteiger partial charge in [0.15, 0.2) is 5.11 Å². The van der Waals surface area contributed by atoms with E-state index in [1.807, 2.05) is 18.3 Å². The number of aromatic nitrogens is 2. The van der Waals surface area contributed by atoms with E-state index in [1.165, 1.54) is 28.2 Å². The van der Waals surface area contributed by atoms with Gasteiger partial charge in [-0.15, -0.1) is 0 Å². The van der Waals surface area contributed by atoms with E-state index in [1.54, 1.807) is 0 Å². The quantitative estimate of drug-likeness (QED) is 0.594. The molecule has 1 aliphatic rings. The molecule has 0 amide bonds. The zero-order chi connectivity index (χ0) is 20.5. The van der Waals surface area contributed by atoms with Gasteiger partial charge >= 0.3 is 0 Å². The molecular formula is C24H28N4S. The molecule has 0 aliphatic carbocycles. The summed E-state index contributed by atoms with van der Waals surface area (Å²) in [6.45, 7) is 9.79. The maximum atomic E-state index is 5.76. The Hall–Kier alpha value is -2.66. The highest BCUT2D eigenvalue weighted by Crippen LogP contribution is 2.43. The molecular weight excluding hydrogens is 376 g/mol. The van der Waals surface area contributed by atoms with Crippen LogP contribution in [0.25, 0.3) is 5.69 Å². The molecule has 0 unspecified atom stereocenters. The summed E-state index contributed by atoms with van der Waals surface area (Å²) in [4.78, 5) is 7.00. The van der Waals surface area contributed by atoms with Gasteiger partial charge < -0.3 is 14.8 Å². The highest BCUT2D eigenvalue weighted by Gasteiger charge is 2.42. The van der Waals surface area contributed by atoms with E-state index in [2.05, 4.69) is 83.9 Å². The van der Waals surface area contributed by atoms with Crippen molar-refractivity contribution >= 4 is 17.3 Å². The molecule has 1 aliphatic heterocycles. The van der Waals surface area contributed by atoms with Crippen molar-refractivity contribution in [2.24, 2.45) is 0 Å². The molecule has 150 valence electrons. The summed E-state index contributed by atoms with van der Waals surface area (Å²) in [6.07, 6.45) is 2.91. The molecule has 0 radical (unpaired) electrons. The van der Waals surface area contributed by atoms with Crippen LogP contribution >= 0.6 is 12.2 Å². The highest BCUT2D eigenvalue weighted by atomic mass is 32.1. The lowest BCUT2D eigenvalue weighted by Gasteiger charge is -2.28.